The molecule has 0 unspecified atom stereocenters. The zero-order valence-corrected chi connectivity index (χ0v) is 12.0. The molecular formula is C16H16N4O. The number of anilines is 1. The highest BCUT2D eigenvalue weighted by Gasteiger charge is 2.14. The van der Waals surface area contributed by atoms with E-state index < -0.39 is 0 Å². The van der Waals surface area contributed by atoms with Crippen LogP contribution in [-0.2, 0) is 6.42 Å². The molecule has 0 saturated carbocycles. The van der Waals surface area contributed by atoms with Crippen LogP contribution in [0.3, 0.4) is 0 Å². The summed E-state index contributed by atoms with van der Waals surface area (Å²) in [5, 5.41) is 4.09. The second-order valence-electron chi connectivity index (χ2n) is 4.88. The molecule has 3 aromatic rings. The van der Waals surface area contributed by atoms with Crippen LogP contribution in [0.2, 0.25) is 0 Å². The molecule has 0 radical (unpaired) electrons. The standard InChI is InChI=1S/C16H16N4O/c1-3-11-9-18-7-6-14(11)15-19-16(21-20-15)13-5-4-12(17)8-10(13)2/h4-9H,3,17H2,1-2H3. The summed E-state index contributed by atoms with van der Waals surface area (Å²) >= 11 is 0. The van der Waals surface area contributed by atoms with Gasteiger partial charge in [-0.2, -0.15) is 4.98 Å². The Balaban J connectivity index is 2.04. The lowest BCUT2D eigenvalue weighted by Gasteiger charge is -2.02. The molecule has 0 saturated heterocycles. The van der Waals surface area contributed by atoms with Crippen LogP contribution in [0.4, 0.5) is 5.69 Å². The average Bonchev–Trinajstić information content (AvgIpc) is 2.96. The van der Waals surface area contributed by atoms with Crippen LogP contribution < -0.4 is 5.73 Å². The molecule has 0 fully saturated rings. The topological polar surface area (TPSA) is 77.8 Å². The first-order chi connectivity index (χ1) is 10.2. The van der Waals surface area contributed by atoms with E-state index >= 15 is 0 Å². The van der Waals surface area contributed by atoms with Gasteiger partial charge in [-0.25, -0.2) is 0 Å². The number of nitrogens with two attached hydrogens (primary N) is 1. The SMILES string of the molecule is CCc1cnccc1-c1noc(-c2ccc(N)cc2C)n1. The summed E-state index contributed by atoms with van der Waals surface area (Å²) in [6, 6.07) is 7.53. The van der Waals surface area contributed by atoms with Crippen molar-refractivity contribution in [1.82, 2.24) is 15.1 Å². The summed E-state index contributed by atoms with van der Waals surface area (Å²) in [4.78, 5) is 8.63. The fraction of sp³-hybridized carbons (Fsp3) is 0.188. The van der Waals surface area contributed by atoms with Gasteiger partial charge in [-0.05, 0) is 48.7 Å². The van der Waals surface area contributed by atoms with E-state index in [2.05, 4.69) is 22.0 Å². The quantitative estimate of drug-likeness (QED) is 0.745. The van der Waals surface area contributed by atoms with Crippen molar-refractivity contribution in [2.75, 3.05) is 5.73 Å². The molecular weight excluding hydrogens is 264 g/mol. The second-order valence-corrected chi connectivity index (χ2v) is 4.88. The molecule has 0 atom stereocenters. The zero-order chi connectivity index (χ0) is 14.8. The highest BCUT2D eigenvalue weighted by Crippen LogP contribution is 2.27. The van der Waals surface area contributed by atoms with Crippen LogP contribution in [0.1, 0.15) is 18.1 Å². The summed E-state index contributed by atoms with van der Waals surface area (Å²) in [5.41, 5.74) is 10.4. The Morgan fingerprint density at radius 3 is 2.81 bits per heavy atom. The second kappa shape index (κ2) is 5.36. The smallest absolute Gasteiger partial charge is 0.258 e. The first-order valence-corrected chi connectivity index (χ1v) is 6.82. The number of aryl methyl sites for hydroxylation is 2. The summed E-state index contributed by atoms with van der Waals surface area (Å²) in [6.07, 6.45) is 4.44. The van der Waals surface area contributed by atoms with Gasteiger partial charge in [0.2, 0.25) is 5.82 Å². The van der Waals surface area contributed by atoms with Crippen molar-refractivity contribution in [2.45, 2.75) is 20.3 Å². The summed E-state index contributed by atoms with van der Waals surface area (Å²) < 4.78 is 5.40. The van der Waals surface area contributed by atoms with Crippen LogP contribution in [-0.4, -0.2) is 15.1 Å². The molecule has 2 N–H and O–H groups in total. The molecule has 5 heteroatoms. The maximum atomic E-state index is 5.77. The third-order valence-electron chi connectivity index (χ3n) is 3.43. The molecule has 0 amide bonds. The van der Waals surface area contributed by atoms with Gasteiger partial charge in [-0.15, -0.1) is 0 Å². The molecule has 0 aliphatic carbocycles. The van der Waals surface area contributed by atoms with Crippen molar-refractivity contribution in [3.05, 3.63) is 47.8 Å². The first-order valence-electron chi connectivity index (χ1n) is 6.82. The monoisotopic (exact) mass is 280 g/mol. The van der Waals surface area contributed by atoms with Gasteiger partial charge in [0, 0.05) is 29.2 Å². The van der Waals surface area contributed by atoms with Gasteiger partial charge in [0.1, 0.15) is 0 Å². The maximum absolute atomic E-state index is 5.77. The van der Waals surface area contributed by atoms with Gasteiger partial charge in [-0.1, -0.05) is 12.1 Å². The molecule has 3 rings (SSSR count). The first kappa shape index (κ1) is 13.3. The third kappa shape index (κ3) is 2.50. The maximum Gasteiger partial charge on any atom is 0.258 e. The number of hydrogen-bond acceptors (Lipinski definition) is 5. The number of aromatic nitrogens is 3. The van der Waals surface area contributed by atoms with Crippen LogP contribution in [0, 0.1) is 6.92 Å². The Bertz CT molecular complexity index is 779. The fourth-order valence-electron chi connectivity index (χ4n) is 2.30. The normalized spacial score (nSPS) is 10.8. The van der Waals surface area contributed by atoms with Crippen molar-refractivity contribution in [1.29, 1.82) is 0 Å². The minimum absolute atomic E-state index is 0.501. The Morgan fingerprint density at radius 1 is 1.19 bits per heavy atom. The molecule has 0 bridgehead atoms. The van der Waals surface area contributed by atoms with E-state index in [1.54, 1.807) is 6.20 Å². The van der Waals surface area contributed by atoms with Gasteiger partial charge < -0.3 is 10.3 Å². The predicted octanol–water partition coefficient (Wildman–Crippen LogP) is 3.25. The Kier molecular flexibility index (Phi) is 3.39. The van der Waals surface area contributed by atoms with Gasteiger partial charge in [-0.3, -0.25) is 4.98 Å². The van der Waals surface area contributed by atoms with E-state index in [1.807, 2.05) is 37.4 Å². The van der Waals surface area contributed by atoms with Gasteiger partial charge in [0.05, 0.1) is 0 Å². The molecule has 2 heterocycles. The Labute approximate surface area is 122 Å². The van der Waals surface area contributed by atoms with Gasteiger partial charge in [0.25, 0.3) is 5.89 Å². The van der Waals surface area contributed by atoms with Gasteiger partial charge in [0.15, 0.2) is 0 Å². The van der Waals surface area contributed by atoms with E-state index in [9.17, 15) is 0 Å². The largest absolute Gasteiger partial charge is 0.399 e. The molecule has 106 valence electrons. The van der Waals surface area contributed by atoms with E-state index in [4.69, 9.17) is 10.3 Å². The predicted molar refractivity (Wildman–Crippen MR) is 81.5 cm³/mol. The van der Waals surface area contributed by atoms with Crippen LogP contribution in [0.25, 0.3) is 22.8 Å². The number of hydrogen-bond donors (Lipinski definition) is 1. The number of pyridine rings is 1. The van der Waals surface area contributed by atoms with Crippen LogP contribution >= 0.6 is 0 Å². The average molecular weight is 280 g/mol. The lowest BCUT2D eigenvalue weighted by molar-refractivity contribution is 0.432. The highest BCUT2D eigenvalue weighted by molar-refractivity contribution is 5.66. The van der Waals surface area contributed by atoms with E-state index in [0.717, 1.165) is 34.4 Å². The zero-order valence-electron chi connectivity index (χ0n) is 12.0. The number of benzene rings is 1. The van der Waals surface area contributed by atoms with Crippen molar-refractivity contribution in [3.63, 3.8) is 0 Å². The highest BCUT2D eigenvalue weighted by atomic mass is 16.5. The van der Waals surface area contributed by atoms with E-state index in [1.165, 1.54) is 0 Å². The van der Waals surface area contributed by atoms with Gasteiger partial charge >= 0.3 is 0 Å². The van der Waals surface area contributed by atoms with E-state index in [0.29, 0.717) is 11.7 Å². The van der Waals surface area contributed by atoms with Crippen molar-refractivity contribution in [2.24, 2.45) is 0 Å². The molecule has 21 heavy (non-hydrogen) atoms. The summed E-state index contributed by atoms with van der Waals surface area (Å²) in [6.45, 7) is 4.05. The minimum atomic E-state index is 0.501. The van der Waals surface area contributed by atoms with Crippen molar-refractivity contribution in [3.8, 4) is 22.8 Å². The summed E-state index contributed by atoms with van der Waals surface area (Å²) in [5.74, 6) is 1.09. The number of nitrogens with zero attached hydrogens (tertiary/aromatic N) is 3. The molecule has 0 aliphatic rings. The lowest BCUT2D eigenvalue weighted by Crippen LogP contribution is -1.91. The molecule has 2 aromatic heterocycles. The summed E-state index contributed by atoms with van der Waals surface area (Å²) in [7, 11) is 0. The van der Waals surface area contributed by atoms with Crippen LogP contribution in [0.15, 0.2) is 41.2 Å². The molecule has 5 nitrogen and oxygen atoms in total. The molecule has 0 aliphatic heterocycles. The van der Waals surface area contributed by atoms with Crippen LogP contribution in [0.5, 0.6) is 0 Å². The van der Waals surface area contributed by atoms with Crippen molar-refractivity contribution >= 4 is 5.69 Å². The molecule has 1 aromatic carbocycles. The lowest BCUT2D eigenvalue weighted by atomic mass is 10.1. The fourth-order valence-corrected chi connectivity index (χ4v) is 2.30. The van der Waals surface area contributed by atoms with Crippen molar-refractivity contribution < 1.29 is 4.52 Å². The Morgan fingerprint density at radius 2 is 2.05 bits per heavy atom. The number of nitrogen functional groups attached to an aromatic ring is 1. The molecule has 0 spiro atoms. The minimum Gasteiger partial charge on any atom is -0.399 e. The van der Waals surface area contributed by atoms with E-state index in [-0.39, 0.29) is 0 Å². The third-order valence-corrected chi connectivity index (χ3v) is 3.43. The Hall–Kier alpha value is -2.69. The number of rotatable bonds is 3.